The third-order valence-corrected chi connectivity index (χ3v) is 4.31. The summed E-state index contributed by atoms with van der Waals surface area (Å²) in [4.78, 5) is 26.6. The van der Waals surface area contributed by atoms with E-state index in [9.17, 15) is 20.1 Å². The van der Waals surface area contributed by atoms with Crippen LogP contribution in [0.15, 0.2) is 11.8 Å². The monoisotopic (exact) mass is 361 g/mol. The molecule has 0 amide bonds. The van der Waals surface area contributed by atoms with Gasteiger partial charge in [0.25, 0.3) is 0 Å². The van der Waals surface area contributed by atoms with Gasteiger partial charge in [-0.25, -0.2) is 4.79 Å². The van der Waals surface area contributed by atoms with Crippen LogP contribution in [0.3, 0.4) is 0 Å². The Balaban J connectivity index is 3.24. The largest absolute Gasteiger partial charge is 0.465 e. The molecule has 0 N–H and O–H groups in total. The lowest BCUT2D eigenvalue weighted by Crippen LogP contribution is -2.49. The highest BCUT2D eigenvalue weighted by molar-refractivity contribution is 5.97. The lowest BCUT2D eigenvalue weighted by molar-refractivity contribution is -0.153. The maximum atomic E-state index is 12.5. The van der Waals surface area contributed by atoms with Crippen molar-refractivity contribution in [2.45, 2.75) is 46.5 Å². The Labute approximate surface area is 155 Å². The fourth-order valence-electron chi connectivity index (χ4n) is 3.04. The molecule has 7 heteroatoms. The Hall–Kier alpha value is -2.54. The van der Waals surface area contributed by atoms with E-state index in [2.05, 4.69) is 6.92 Å². The van der Waals surface area contributed by atoms with Gasteiger partial charge in [0.1, 0.15) is 5.92 Å². The summed E-state index contributed by atoms with van der Waals surface area (Å²) in [5, 5.41) is 19.4. The number of carbonyl (C=O) groups excluding carboxylic acids is 2. The first-order valence-corrected chi connectivity index (χ1v) is 9.11. The van der Waals surface area contributed by atoms with Gasteiger partial charge >= 0.3 is 11.9 Å². The van der Waals surface area contributed by atoms with E-state index in [0.717, 1.165) is 25.7 Å². The number of hydrogen-bond donors (Lipinski definition) is 0. The molecule has 7 nitrogen and oxygen atoms in total. The van der Waals surface area contributed by atoms with Gasteiger partial charge in [-0.05, 0) is 20.3 Å². The number of carbonyl (C=O) groups is 2. The fraction of sp³-hybridized carbons (Fsp3) is 0.684. The summed E-state index contributed by atoms with van der Waals surface area (Å²) in [6.07, 6.45) is 5.63. The number of rotatable bonds is 9. The SMILES string of the molecule is CCCCCCN1C=C(C(=O)OCC)C(C(=O)OCC)C(C#N)(C#N)C1. The molecule has 142 valence electrons. The van der Waals surface area contributed by atoms with Gasteiger partial charge in [0, 0.05) is 12.7 Å². The van der Waals surface area contributed by atoms with Crippen molar-refractivity contribution in [1.82, 2.24) is 4.90 Å². The van der Waals surface area contributed by atoms with Crippen LogP contribution in [0.1, 0.15) is 46.5 Å². The second-order valence-electron chi connectivity index (χ2n) is 6.22. The van der Waals surface area contributed by atoms with Crippen molar-refractivity contribution < 1.29 is 19.1 Å². The summed E-state index contributed by atoms with van der Waals surface area (Å²) in [6, 6.07) is 3.93. The summed E-state index contributed by atoms with van der Waals surface area (Å²) >= 11 is 0. The summed E-state index contributed by atoms with van der Waals surface area (Å²) < 4.78 is 10.1. The summed E-state index contributed by atoms with van der Waals surface area (Å²) in [6.45, 7) is 6.29. The van der Waals surface area contributed by atoms with E-state index < -0.39 is 23.3 Å². The smallest absolute Gasteiger partial charge is 0.336 e. The van der Waals surface area contributed by atoms with E-state index in [1.54, 1.807) is 24.9 Å². The van der Waals surface area contributed by atoms with Gasteiger partial charge in [0.2, 0.25) is 0 Å². The molecular weight excluding hydrogens is 334 g/mol. The first kappa shape index (κ1) is 21.5. The van der Waals surface area contributed by atoms with Crippen molar-refractivity contribution in [2.24, 2.45) is 11.3 Å². The Bertz CT molecular complexity index is 601. The molecule has 1 atom stereocenters. The average molecular weight is 361 g/mol. The number of unbranched alkanes of at least 4 members (excludes halogenated alkanes) is 3. The molecule has 1 aliphatic rings. The third kappa shape index (κ3) is 4.98. The second kappa shape index (κ2) is 10.5. The predicted molar refractivity (Wildman–Crippen MR) is 94.2 cm³/mol. The molecule has 0 aromatic rings. The Morgan fingerprint density at radius 1 is 1.15 bits per heavy atom. The molecule has 0 aromatic carbocycles. The van der Waals surface area contributed by atoms with Gasteiger partial charge in [-0.1, -0.05) is 26.2 Å². The van der Waals surface area contributed by atoms with Crippen LogP contribution in [0.5, 0.6) is 0 Å². The molecule has 0 bridgehead atoms. The molecule has 0 fully saturated rings. The third-order valence-electron chi connectivity index (χ3n) is 4.31. The van der Waals surface area contributed by atoms with Crippen molar-refractivity contribution in [3.8, 4) is 12.1 Å². The summed E-state index contributed by atoms with van der Waals surface area (Å²) in [5.74, 6) is -2.72. The Kier molecular flexibility index (Phi) is 8.64. The van der Waals surface area contributed by atoms with E-state index >= 15 is 0 Å². The predicted octanol–water partition coefficient (Wildman–Crippen LogP) is 2.54. The van der Waals surface area contributed by atoms with Gasteiger partial charge in [-0.3, -0.25) is 4.79 Å². The standard InChI is InChI=1S/C19H27N3O4/c1-4-7-8-9-10-22-11-15(17(23)25-5-2)16(18(24)26-6-3)19(12-20,13-21)14-22/h11,16H,4-10,14H2,1-3H3. The minimum Gasteiger partial charge on any atom is -0.465 e. The van der Waals surface area contributed by atoms with E-state index in [0.29, 0.717) is 6.54 Å². The van der Waals surface area contributed by atoms with Crippen molar-refractivity contribution in [3.05, 3.63) is 11.8 Å². The first-order valence-electron chi connectivity index (χ1n) is 9.11. The average Bonchev–Trinajstić information content (AvgIpc) is 2.64. The van der Waals surface area contributed by atoms with Crippen LogP contribution in [0, 0.1) is 34.0 Å². The molecule has 0 radical (unpaired) electrons. The molecule has 0 aromatic heterocycles. The Morgan fingerprint density at radius 2 is 1.81 bits per heavy atom. The van der Waals surface area contributed by atoms with Crippen LogP contribution in [0.25, 0.3) is 0 Å². The van der Waals surface area contributed by atoms with Gasteiger partial charge in [0.15, 0.2) is 5.41 Å². The van der Waals surface area contributed by atoms with E-state index in [1.807, 2.05) is 12.1 Å². The Morgan fingerprint density at radius 3 is 2.35 bits per heavy atom. The zero-order valence-electron chi connectivity index (χ0n) is 15.8. The van der Waals surface area contributed by atoms with E-state index in [1.165, 1.54) is 0 Å². The minimum absolute atomic E-state index is 0.00939. The number of ether oxygens (including phenoxy) is 2. The fourth-order valence-corrected chi connectivity index (χ4v) is 3.04. The molecule has 1 rings (SSSR count). The molecule has 1 aliphatic heterocycles. The lowest BCUT2D eigenvalue weighted by atomic mass is 9.71. The first-order chi connectivity index (χ1) is 12.5. The van der Waals surface area contributed by atoms with Crippen LogP contribution >= 0.6 is 0 Å². The number of nitriles is 2. The molecule has 26 heavy (non-hydrogen) atoms. The topological polar surface area (TPSA) is 103 Å². The highest BCUT2D eigenvalue weighted by Gasteiger charge is 2.53. The van der Waals surface area contributed by atoms with Gasteiger partial charge in [0.05, 0.1) is 37.5 Å². The van der Waals surface area contributed by atoms with Crippen LogP contribution in [-0.2, 0) is 19.1 Å². The molecular formula is C19H27N3O4. The second-order valence-corrected chi connectivity index (χ2v) is 6.22. The van der Waals surface area contributed by atoms with Crippen molar-refractivity contribution in [1.29, 1.82) is 10.5 Å². The molecule has 1 heterocycles. The zero-order valence-corrected chi connectivity index (χ0v) is 15.8. The highest BCUT2D eigenvalue weighted by atomic mass is 16.5. The quantitative estimate of drug-likeness (QED) is 0.459. The van der Waals surface area contributed by atoms with Gasteiger partial charge in [-0.15, -0.1) is 0 Å². The van der Waals surface area contributed by atoms with Crippen LogP contribution in [-0.4, -0.2) is 43.1 Å². The van der Waals surface area contributed by atoms with E-state index in [4.69, 9.17) is 9.47 Å². The summed E-state index contributed by atoms with van der Waals surface area (Å²) in [7, 11) is 0. The molecule has 0 saturated heterocycles. The van der Waals surface area contributed by atoms with Crippen molar-refractivity contribution in [3.63, 3.8) is 0 Å². The highest BCUT2D eigenvalue weighted by Crippen LogP contribution is 2.39. The van der Waals surface area contributed by atoms with Crippen LogP contribution < -0.4 is 0 Å². The zero-order chi connectivity index (χ0) is 19.6. The van der Waals surface area contributed by atoms with Gasteiger partial charge in [-0.2, -0.15) is 10.5 Å². The van der Waals surface area contributed by atoms with Crippen molar-refractivity contribution >= 4 is 11.9 Å². The lowest BCUT2D eigenvalue weighted by Gasteiger charge is -2.38. The maximum Gasteiger partial charge on any atom is 0.336 e. The number of hydrogen-bond acceptors (Lipinski definition) is 7. The maximum absolute atomic E-state index is 12.5. The van der Waals surface area contributed by atoms with Gasteiger partial charge < -0.3 is 14.4 Å². The summed E-state index contributed by atoms with van der Waals surface area (Å²) in [5.41, 5.74) is -1.68. The van der Waals surface area contributed by atoms with Crippen molar-refractivity contribution in [2.75, 3.05) is 26.3 Å². The molecule has 1 unspecified atom stereocenters. The van der Waals surface area contributed by atoms with Crippen LogP contribution in [0.4, 0.5) is 0 Å². The molecule has 0 spiro atoms. The molecule has 0 aliphatic carbocycles. The van der Waals surface area contributed by atoms with E-state index in [-0.39, 0.29) is 25.3 Å². The normalized spacial score (nSPS) is 18.3. The minimum atomic E-state index is -1.69. The van der Waals surface area contributed by atoms with Crippen LogP contribution in [0.2, 0.25) is 0 Å². The molecule has 0 saturated carbocycles. The number of nitrogens with zero attached hydrogens (tertiary/aromatic N) is 3. The number of esters is 2.